The Morgan fingerprint density at radius 1 is 1.00 bits per heavy atom. The number of rotatable bonds is 9. The van der Waals surface area contributed by atoms with Crippen LogP contribution in [0.1, 0.15) is 22.3 Å². The SMILES string of the molecule is COc1cc(C=NNC(=O)C(O)(c2ccccc2)c2ccccc2)cc(I)c1OCc1ccccc1Cl. The molecule has 8 heteroatoms. The van der Waals surface area contributed by atoms with Crippen LogP contribution in [0.25, 0.3) is 0 Å². The lowest BCUT2D eigenvalue weighted by atomic mass is 9.85. The quantitative estimate of drug-likeness (QED) is 0.137. The Hall–Kier alpha value is -3.40. The predicted octanol–water partition coefficient (Wildman–Crippen LogP) is 5.92. The van der Waals surface area contributed by atoms with Gasteiger partial charge in [0.1, 0.15) is 6.61 Å². The lowest BCUT2D eigenvalue weighted by Crippen LogP contribution is -2.43. The number of hydrogen-bond acceptors (Lipinski definition) is 5. The molecular weight excluding hydrogens is 603 g/mol. The van der Waals surface area contributed by atoms with E-state index in [1.54, 1.807) is 61.7 Å². The zero-order valence-corrected chi connectivity index (χ0v) is 22.8. The second-order valence-electron chi connectivity index (χ2n) is 8.06. The molecule has 0 unspecified atom stereocenters. The first-order valence-corrected chi connectivity index (χ1v) is 12.8. The molecule has 2 N–H and O–H groups in total. The zero-order chi connectivity index (χ0) is 26.3. The third-order valence-corrected chi connectivity index (χ3v) is 6.84. The van der Waals surface area contributed by atoms with Gasteiger partial charge >= 0.3 is 0 Å². The number of nitrogens with zero attached hydrogens (tertiary/aromatic N) is 1. The van der Waals surface area contributed by atoms with E-state index in [1.165, 1.54) is 6.21 Å². The van der Waals surface area contributed by atoms with Crippen molar-refractivity contribution in [2.24, 2.45) is 5.10 Å². The van der Waals surface area contributed by atoms with Gasteiger partial charge in [0.2, 0.25) is 0 Å². The van der Waals surface area contributed by atoms with E-state index in [9.17, 15) is 9.90 Å². The summed E-state index contributed by atoms with van der Waals surface area (Å²) in [7, 11) is 1.55. The number of carbonyl (C=O) groups excluding carboxylic acids is 1. The third kappa shape index (κ3) is 6.12. The molecule has 0 radical (unpaired) electrons. The number of aliphatic hydroxyl groups is 1. The van der Waals surface area contributed by atoms with Crippen LogP contribution in [0.5, 0.6) is 11.5 Å². The monoisotopic (exact) mass is 626 g/mol. The Morgan fingerprint density at radius 3 is 2.19 bits per heavy atom. The van der Waals surface area contributed by atoms with Gasteiger partial charge in [0, 0.05) is 10.6 Å². The molecule has 0 saturated carbocycles. The summed E-state index contributed by atoms with van der Waals surface area (Å²) >= 11 is 8.39. The second kappa shape index (κ2) is 12.2. The van der Waals surface area contributed by atoms with Crippen molar-refractivity contribution in [2.75, 3.05) is 7.11 Å². The highest BCUT2D eigenvalue weighted by atomic mass is 127. The molecule has 0 saturated heterocycles. The Bertz CT molecular complexity index is 1360. The van der Waals surface area contributed by atoms with Crippen LogP contribution in [-0.2, 0) is 17.0 Å². The van der Waals surface area contributed by atoms with Crippen molar-refractivity contribution in [2.45, 2.75) is 12.2 Å². The number of ether oxygens (including phenoxy) is 2. The predicted molar refractivity (Wildman–Crippen MR) is 153 cm³/mol. The first-order valence-electron chi connectivity index (χ1n) is 11.3. The van der Waals surface area contributed by atoms with Crippen LogP contribution in [0.2, 0.25) is 5.02 Å². The maximum absolute atomic E-state index is 13.2. The number of methoxy groups -OCH3 is 1. The van der Waals surface area contributed by atoms with Crippen molar-refractivity contribution in [1.82, 2.24) is 5.43 Å². The van der Waals surface area contributed by atoms with Gasteiger partial charge in [0.15, 0.2) is 17.1 Å². The van der Waals surface area contributed by atoms with Crippen molar-refractivity contribution >= 4 is 46.3 Å². The summed E-state index contributed by atoms with van der Waals surface area (Å²) in [5.41, 5.74) is 2.98. The third-order valence-electron chi connectivity index (χ3n) is 5.67. The number of halogens is 2. The van der Waals surface area contributed by atoms with Gasteiger partial charge in [0.05, 0.1) is 16.9 Å². The van der Waals surface area contributed by atoms with E-state index >= 15 is 0 Å². The summed E-state index contributed by atoms with van der Waals surface area (Å²) in [6.07, 6.45) is 1.48. The van der Waals surface area contributed by atoms with Crippen molar-refractivity contribution in [1.29, 1.82) is 0 Å². The van der Waals surface area contributed by atoms with Crippen LogP contribution < -0.4 is 14.9 Å². The van der Waals surface area contributed by atoms with Crippen LogP contribution in [0.15, 0.2) is 102 Å². The molecule has 6 nitrogen and oxygen atoms in total. The maximum Gasteiger partial charge on any atom is 0.281 e. The topological polar surface area (TPSA) is 80.2 Å². The highest BCUT2D eigenvalue weighted by Gasteiger charge is 2.39. The van der Waals surface area contributed by atoms with E-state index in [-0.39, 0.29) is 6.61 Å². The molecule has 4 aromatic carbocycles. The van der Waals surface area contributed by atoms with Gasteiger partial charge in [-0.1, -0.05) is 90.5 Å². The fourth-order valence-corrected chi connectivity index (χ4v) is 4.73. The van der Waals surface area contributed by atoms with Gasteiger partial charge in [-0.3, -0.25) is 4.79 Å². The van der Waals surface area contributed by atoms with E-state index in [0.29, 0.717) is 33.2 Å². The highest BCUT2D eigenvalue weighted by molar-refractivity contribution is 14.1. The van der Waals surface area contributed by atoms with Gasteiger partial charge in [0.25, 0.3) is 5.91 Å². The molecule has 4 aromatic rings. The molecule has 0 aliphatic rings. The summed E-state index contributed by atoms with van der Waals surface area (Å²) in [4.78, 5) is 13.2. The van der Waals surface area contributed by atoms with Crippen molar-refractivity contribution in [3.05, 3.63) is 128 Å². The molecule has 0 aromatic heterocycles. The van der Waals surface area contributed by atoms with E-state index in [4.69, 9.17) is 21.1 Å². The fraction of sp³-hybridized carbons (Fsp3) is 0.103. The minimum Gasteiger partial charge on any atom is -0.493 e. The number of amides is 1. The summed E-state index contributed by atoms with van der Waals surface area (Å²) in [5.74, 6) is 0.408. The Morgan fingerprint density at radius 2 is 1.59 bits per heavy atom. The number of nitrogens with one attached hydrogen (secondary N) is 1. The lowest BCUT2D eigenvalue weighted by molar-refractivity contribution is -0.136. The number of carbonyl (C=O) groups is 1. The summed E-state index contributed by atoms with van der Waals surface area (Å²) in [6, 6.07) is 28.6. The molecule has 0 heterocycles. The minimum atomic E-state index is -1.91. The van der Waals surface area contributed by atoms with Crippen LogP contribution in [0, 0.1) is 3.57 Å². The average Bonchev–Trinajstić information content (AvgIpc) is 2.93. The Balaban J connectivity index is 1.53. The molecule has 0 aliphatic carbocycles. The smallest absolute Gasteiger partial charge is 0.281 e. The Labute approximate surface area is 234 Å². The van der Waals surface area contributed by atoms with E-state index in [0.717, 1.165) is 9.13 Å². The van der Waals surface area contributed by atoms with Gasteiger partial charge in [-0.15, -0.1) is 0 Å². The standard InChI is InChI=1S/C29H24ClIN2O4/c1-36-26-17-20(16-25(31)27(26)37-19-21-10-8-9-15-24(21)30)18-32-33-28(34)29(35,22-11-4-2-5-12-22)23-13-6-3-7-14-23/h2-18,35H,19H2,1H3,(H,33,34). The largest absolute Gasteiger partial charge is 0.493 e. The molecule has 0 bridgehead atoms. The number of hydrogen-bond donors (Lipinski definition) is 2. The normalized spacial score (nSPS) is 11.4. The molecular formula is C29H24ClIN2O4. The van der Waals surface area contributed by atoms with Crippen LogP contribution in [-0.4, -0.2) is 24.3 Å². The van der Waals surface area contributed by atoms with Crippen LogP contribution in [0.4, 0.5) is 0 Å². The summed E-state index contributed by atoms with van der Waals surface area (Å²) in [6.45, 7) is 0.285. The highest BCUT2D eigenvalue weighted by Crippen LogP contribution is 2.35. The molecule has 188 valence electrons. The van der Waals surface area contributed by atoms with Crippen molar-refractivity contribution < 1.29 is 19.4 Å². The molecule has 0 fully saturated rings. The molecule has 0 aliphatic heterocycles. The maximum atomic E-state index is 13.2. The second-order valence-corrected chi connectivity index (χ2v) is 9.63. The lowest BCUT2D eigenvalue weighted by Gasteiger charge is -2.27. The molecule has 4 rings (SSSR count). The molecule has 0 atom stereocenters. The van der Waals surface area contributed by atoms with E-state index in [2.05, 4.69) is 33.1 Å². The molecule has 0 spiro atoms. The van der Waals surface area contributed by atoms with Gasteiger partial charge in [-0.05, 0) is 57.5 Å². The molecule has 37 heavy (non-hydrogen) atoms. The first kappa shape index (κ1) is 26.7. The van der Waals surface area contributed by atoms with Crippen molar-refractivity contribution in [3.8, 4) is 11.5 Å². The minimum absolute atomic E-state index is 0.285. The van der Waals surface area contributed by atoms with Crippen LogP contribution >= 0.6 is 34.2 Å². The van der Waals surface area contributed by atoms with Gasteiger partial charge in [-0.2, -0.15) is 5.10 Å². The fourth-order valence-electron chi connectivity index (χ4n) is 3.75. The Kier molecular flexibility index (Phi) is 8.81. The zero-order valence-electron chi connectivity index (χ0n) is 19.9. The van der Waals surface area contributed by atoms with E-state index in [1.807, 2.05) is 42.5 Å². The van der Waals surface area contributed by atoms with Gasteiger partial charge in [-0.25, -0.2) is 5.43 Å². The first-order chi connectivity index (χ1) is 17.9. The summed E-state index contributed by atoms with van der Waals surface area (Å²) < 4.78 is 12.3. The van der Waals surface area contributed by atoms with Gasteiger partial charge < -0.3 is 14.6 Å². The summed E-state index contributed by atoms with van der Waals surface area (Å²) in [5, 5.41) is 16.3. The van der Waals surface area contributed by atoms with E-state index < -0.39 is 11.5 Å². The van der Waals surface area contributed by atoms with Crippen LogP contribution in [0.3, 0.4) is 0 Å². The molecule has 1 amide bonds. The average molecular weight is 627 g/mol. The van der Waals surface area contributed by atoms with Crippen molar-refractivity contribution in [3.63, 3.8) is 0 Å². The number of hydrazone groups is 1. The number of benzene rings is 4.